The summed E-state index contributed by atoms with van der Waals surface area (Å²) in [5.41, 5.74) is 2.39. The molecular weight excluding hydrogens is 408 g/mol. The van der Waals surface area contributed by atoms with Gasteiger partial charge in [-0.1, -0.05) is 24.3 Å². The number of amides is 1. The van der Waals surface area contributed by atoms with Crippen LogP contribution in [0.5, 0.6) is 11.5 Å². The Labute approximate surface area is 189 Å². The lowest BCUT2D eigenvalue weighted by atomic mass is 10.1. The molecular formula is C25H32N2O5. The highest BCUT2D eigenvalue weighted by Gasteiger charge is 2.06. The highest BCUT2D eigenvalue weighted by atomic mass is 16.5. The second-order valence-corrected chi connectivity index (χ2v) is 7.50. The standard InChI is InChI=1S/C25H32N2O5/c1-27(17-14-20-10-13-22(31-2)23(18-20)32-3)16-5-15-26-24(28)7-4-6-19-8-11-21(12-9-19)25(29)30/h4,7-13,18H,5-6,14-17H2,1-3H3,(H,26,28)(H,29,30)/b7-4+. The van der Waals surface area contributed by atoms with Gasteiger partial charge in [-0.25, -0.2) is 4.79 Å². The smallest absolute Gasteiger partial charge is 0.335 e. The van der Waals surface area contributed by atoms with Crippen LogP contribution in [0.3, 0.4) is 0 Å². The normalized spacial score (nSPS) is 11.0. The Morgan fingerprint density at radius 1 is 1.00 bits per heavy atom. The van der Waals surface area contributed by atoms with E-state index < -0.39 is 5.97 Å². The highest BCUT2D eigenvalue weighted by molar-refractivity contribution is 5.88. The van der Waals surface area contributed by atoms with Crippen molar-refractivity contribution in [3.63, 3.8) is 0 Å². The maximum atomic E-state index is 11.9. The van der Waals surface area contributed by atoms with Crippen molar-refractivity contribution >= 4 is 11.9 Å². The van der Waals surface area contributed by atoms with E-state index in [9.17, 15) is 9.59 Å². The van der Waals surface area contributed by atoms with E-state index in [1.807, 2.05) is 18.2 Å². The summed E-state index contributed by atoms with van der Waals surface area (Å²) in [7, 11) is 5.33. The maximum Gasteiger partial charge on any atom is 0.335 e. The molecule has 7 heteroatoms. The van der Waals surface area contributed by atoms with E-state index in [4.69, 9.17) is 14.6 Å². The highest BCUT2D eigenvalue weighted by Crippen LogP contribution is 2.27. The van der Waals surface area contributed by atoms with Gasteiger partial charge < -0.3 is 24.8 Å². The van der Waals surface area contributed by atoms with Crippen LogP contribution >= 0.6 is 0 Å². The van der Waals surface area contributed by atoms with Crippen LogP contribution in [0.1, 0.15) is 27.9 Å². The molecule has 0 aliphatic rings. The molecule has 0 unspecified atom stereocenters. The van der Waals surface area contributed by atoms with Crippen LogP contribution < -0.4 is 14.8 Å². The lowest BCUT2D eigenvalue weighted by Crippen LogP contribution is -2.28. The molecule has 0 atom stereocenters. The third kappa shape index (κ3) is 8.43. The molecule has 0 fully saturated rings. The fourth-order valence-corrected chi connectivity index (χ4v) is 3.17. The molecule has 0 aliphatic heterocycles. The summed E-state index contributed by atoms with van der Waals surface area (Å²) < 4.78 is 10.6. The van der Waals surface area contributed by atoms with Crippen molar-refractivity contribution in [1.82, 2.24) is 10.2 Å². The van der Waals surface area contributed by atoms with Crippen LogP contribution in [0, 0.1) is 0 Å². The number of ether oxygens (including phenoxy) is 2. The number of hydrogen-bond donors (Lipinski definition) is 2. The number of aromatic carboxylic acids is 1. The summed E-state index contributed by atoms with van der Waals surface area (Å²) in [6.07, 6.45) is 5.64. The quantitative estimate of drug-likeness (QED) is 0.367. The number of hydrogen-bond acceptors (Lipinski definition) is 5. The molecule has 2 aromatic rings. The number of nitrogens with zero attached hydrogens (tertiary/aromatic N) is 1. The Kier molecular flexibility index (Phi) is 10.3. The van der Waals surface area contributed by atoms with Crippen molar-refractivity contribution in [3.05, 3.63) is 71.3 Å². The van der Waals surface area contributed by atoms with Crippen LogP contribution in [0.25, 0.3) is 0 Å². The monoisotopic (exact) mass is 440 g/mol. The van der Waals surface area contributed by atoms with Gasteiger partial charge in [-0.15, -0.1) is 0 Å². The zero-order valence-electron chi connectivity index (χ0n) is 19.0. The van der Waals surface area contributed by atoms with E-state index in [1.165, 1.54) is 11.6 Å². The molecule has 0 spiro atoms. The molecule has 172 valence electrons. The van der Waals surface area contributed by atoms with Crippen molar-refractivity contribution < 1.29 is 24.2 Å². The summed E-state index contributed by atoms with van der Waals surface area (Å²) in [6.45, 7) is 2.40. The molecule has 0 saturated carbocycles. The third-order valence-corrected chi connectivity index (χ3v) is 5.07. The number of rotatable bonds is 13. The third-order valence-electron chi connectivity index (χ3n) is 5.07. The second kappa shape index (κ2) is 13.2. The molecule has 1 amide bonds. The Hall–Kier alpha value is -3.32. The van der Waals surface area contributed by atoms with Crippen LogP contribution in [0.2, 0.25) is 0 Å². The first-order chi connectivity index (χ1) is 15.4. The van der Waals surface area contributed by atoms with Crippen molar-refractivity contribution in [1.29, 1.82) is 0 Å². The predicted octanol–water partition coefficient (Wildman–Crippen LogP) is 3.18. The number of carboxylic acids is 1. The number of nitrogens with one attached hydrogen (secondary N) is 1. The molecule has 2 aromatic carbocycles. The zero-order valence-corrected chi connectivity index (χ0v) is 19.0. The number of carbonyl (C=O) groups is 2. The Bertz CT molecular complexity index is 909. The van der Waals surface area contributed by atoms with Gasteiger partial charge in [-0.2, -0.15) is 0 Å². The summed E-state index contributed by atoms with van der Waals surface area (Å²) >= 11 is 0. The Balaban J connectivity index is 1.62. The van der Waals surface area contributed by atoms with Gasteiger partial charge in [-0.3, -0.25) is 4.79 Å². The van der Waals surface area contributed by atoms with Crippen LogP contribution in [-0.4, -0.2) is 62.8 Å². The van der Waals surface area contributed by atoms with Crippen molar-refractivity contribution in [3.8, 4) is 11.5 Å². The molecule has 2 N–H and O–H groups in total. The molecule has 0 radical (unpaired) electrons. The minimum atomic E-state index is -0.946. The van der Waals surface area contributed by atoms with Crippen LogP contribution in [0.15, 0.2) is 54.6 Å². The van der Waals surface area contributed by atoms with Gasteiger partial charge in [-0.05, 0) is 74.3 Å². The number of likely N-dealkylation sites (N-methyl/N-ethyl adjacent to an activating group) is 1. The van der Waals surface area contributed by atoms with E-state index in [-0.39, 0.29) is 11.5 Å². The van der Waals surface area contributed by atoms with Crippen molar-refractivity contribution in [2.75, 3.05) is 40.9 Å². The molecule has 2 rings (SSSR count). The summed E-state index contributed by atoms with van der Waals surface area (Å²) in [5.74, 6) is 0.393. The van der Waals surface area contributed by atoms with Crippen LogP contribution in [0.4, 0.5) is 0 Å². The largest absolute Gasteiger partial charge is 0.493 e. The Morgan fingerprint density at radius 2 is 1.69 bits per heavy atom. The van der Waals surface area contributed by atoms with Gasteiger partial charge >= 0.3 is 5.97 Å². The van der Waals surface area contributed by atoms with Gasteiger partial charge in [0.1, 0.15) is 0 Å². The second-order valence-electron chi connectivity index (χ2n) is 7.50. The summed E-state index contributed by atoms with van der Waals surface area (Å²) in [6, 6.07) is 12.6. The van der Waals surface area contributed by atoms with E-state index in [0.29, 0.717) is 13.0 Å². The number of carbonyl (C=O) groups excluding carboxylic acids is 1. The number of allylic oxidation sites excluding steroid dienone is 1. The first-order valence-electron chi connectivity index (χ1n) is 10.6. The van der Waals surface area contributed by atoms with Crippen molar-refractivity contribution in [2.24, 2.45) is 0 Å². The van der Waals surface area contributed by atoms with Gasteiger partial charge in [0, 0.05) is 13.1 Å². The lowest BCUT2D eigenvalue weighted by molar-refractivity contribution is -0.116. The minimum absolute atomic E-state index is 0.125. The molecule has 0 aliphatic carbocycles. The summed E-state index contributed by atoms with van der Waals surface area (Å²) in [4.78, 5) is 25.0. The molecule has 0 aromatic heterocycles. The topological polar surface area (TPSA) is 88.1 Å². The Morgan fingerprint density at radius 3 is 2.34 bits per heavy atom. The van der Waals surface area contributed by atoms with Gasteiger partial charge in [0.05, 0.1) is 19.8 Å². The van der Waals surface area contributed by atoms with E-state index in [2.05, 4.69) is 17.3 Å². The van der Waals surface area contributed by atoms with Gasteiger partial charge in [0.25, 0.3) is 0 Å². The molecule has 0 heterocycles. The van der Waals surface area contributed by atoms with E-state index in [0.717, 1.165) is 43.0 Å². The maximum absolute atomic E-state index is 11.9. The van der Waals surface area contributed by atoms with E-state index >= 15 is 0 Å². The fourth-order valence-electron chi connectivity index (χ4n) is 3.17. The van der Waals surface area contributed by atoms with Crippen molar-refractivity contribution in [2.45, 2.75) is 19.3 Å². The fraction of sp³-hybridized carbons (Fsp3) is 0.360. The first-order valence-corrected chi connectivity index (χ1v) is 10.6. The lowest BCUT2D eigenvalue weighted by Gasteiger charge is -2.17. The first kappa shape index (κ1) is 24.9. The SMILES string of the molecule is COc1ccc(CCN(C)CCCNC(=O)/C=C/Cc2ccc(C(=O)O)cc2)cc1OC. The molecule has 32 heavy (non-hydrogen) atoms. The predicted molar refractivity (Wildman–Crippen MR) is 125 cm³/mol. The average molecular weight is 441 g/mol. The minimum Gasteiger partial charge on any atom is -0.493 e. The average Bonchev–Trinajstić information content (AvgIpc) is 2.80. The van der Waals surface area contributed by atoms with Crippen LogP contribution in [-0.2, 0) is 17.6 Å². The van der Waals surface area contributed by atoms with Gasteiger partial charge in [0.2, 0.25) is 5.91 Å². The number of carboxylic acid groups (broad SMARTS) is 1. The van der Waals surface area contributed by atoms with Gasteiger partial charge in [0.15, 0.2) is 11.5 Å². The molecule has 7 nitrogen and oxygen atoms in total. The number of benzene rings is 2. The number of methoxy groups -OCH3 is 2. The van der Waals surface area contributed by atoms with E-state index in [1.54, 1.807) is 44.6 Å². The molecule has 0 saturated heterocycles. The molecule has 0 bridgehead atoms. The zero-order chi connectivity index (χ0) is 23.3. The summed E-state index contributed by atoms with van der Waals surface area (Å²) in [5, 5.41) is 11.8.